The van der Waals surface area contributed by atoms with E-state index in [2.05, 4.69) is 26.1 Å². The number of aromatic nitrogens is 1. The first kappa shape index (κ1) is 22.2. The molecule has 0 bridgehead atoms. The van der Waals surface area contributed by atoms with Gasteiger partial charge < -0.3 is 19.2 Å². The maximum atomic E-state index is 13.6. The van der Waals surface area contributed by atoms with Gasteiger partial charge in [0.25, 0.3) is 5.56 Å². The monoisotopic (exact) mass is 435 g/mol. The Morgan fingerprint density at radius 2 is 1.91 bits per heavy atom. The highest BCUT2D eigenvalue weighted by atomic mass is 16.3. The number of carbonyl (C=O) groups excluding carboxylic acids is 1. The molecule has 1 aliphatic rings. The van der Waals surface area contributed by atoms with Crippen LogP contribution in [0.1, 0.15) is 52.2 Å². The molecular weight excluding hydrogens is 402 g/mol. The van der Waals surface area contributed by atoms with Gasteiger partial charge in [-0.2, -0.15) is 0 Å². The molecule has 4 rings (SSSR count). The molecule has 1 saturated carbocycles. The van der Waals surface area contributed by atoms with Crippen molar-refractivity contribution in [2.24, 2.45) is 11.8 Å². The summed E-state index contributed by atoms with van der Waals surface area (Å²) in [5.41, 5.74) is 0.638. The van der Waals surface area contributed by atoms with Crippen LogP contribution in [0.25, 0.3) is 10.8 Å². The van der Waals surface area contributed by atoms with Crippen molar-refractivity contribution in [1.82, 2.24) is 9.47 Å². The molecule has 170 valence electrons. The van der Waals surface area contributed by atoms with Crippen molar-refractivity contribution < 1.29 is 9.21 Å². The molecule has 0 unspecified atom stereocenters. The van der Waals surface area contributed by atoms with E-state index in [1.807, 2.05) is 41.3 Å². The number of urea groups is 1. The van der Waals surface area contributed by atoms with Crippen molar-refractivity contribution in [2.75, 3.05) is 5.32 Å². The van der Waals surface area contributed by atoms with E-state index >= 15 is 0 Å². The summed E-state index contributed by atoms with van der Waals surface area (Å²) < 4.78 is 7.28. The lowest BCUT2D eigenvalue weighted by atomic mass is 9.85. The van der Waals surface area contributed by atoms with Crippen LogP contribution in [-0.4, -0.2) is 21.5 Å². The molecule has 0 saturated heterocycles. The number of hydrogen-bond donors (Lipinski definition) is 1. The third-order valence-corrected chi connectivity index (χ3v) is 6.43. The summed E-state index contributed by atoms with van der Waals surface area (Å²) in [5, 5.41) is 4.53. The van der Waals surface area contributed by atoms with Crippen LogP contribution in [0.4, 0.5) is 10.5 Å². The SMILES string of the molecule is CC(C)Cn1cc(NC(=O)N(Cc2ccco2)[C@H]2CCCC[C@H]2C)c2ccccc2c1=O. The molecule has 2 atom stereocenters. The molecule has 0 spiro atoms. The van der Waals surface area contributed by atoms with Gasteiger partial charge in [-0.3, -0.25) is 4.79 Å². The first-order valence-electron chi connectivity index (χ1n) is 11.7. The minimum atomic E-state index is -0.153. The second-order valence-corrected chi connectivity index (χ2v) is 9.41. The smallest absolute Gasteiger partial charge is 0.322 e. The number of anilines is 1. The topological polar surface area (TPSA) is 67.5 Å². The van der Waals surface area contributed by atoms with Crippen LogP contribution in [0.15, 0.2) is 58.1 Å². The van der Waals surface area contributed by atoms with Gasteiger partial charge in [0.1, 0.15) is 5.76 Å². The molecule has 1 aromatic carbocycles. The predicted octanol–water partition coefficient (Wildman–Crippen LogP) is 5.86. The Labute approximate surface area is 189 Å². The van der Waals surface area contributed by atoms with Crippen LogP contribution in [0, 0.1) is 11.8 Å². The number of rotatable bonds is 6. The summed E-state index contributed by atoms with van der Waals surface area (Å²) >= 11 is 0. The van der Waals surface area contributed by atoms with Gasteiger partial charge in [0.2, 0.25) is 0 Å². The Balaban J connectivity index is 1.69. The van der Waals surface area contributed by atoms with Crippen LogP contribution in [0.2, 0.25) is 0 Å². The van der Waals surface area contributed by atoms with Gasteiger partial charge in [0.05, 0.1) is 18.5 Å². The number of hydrogen-bond acceptors (Lipinski definition) is 3. The first-order chi connectivity index (χ1) is 15.4. The maximum Gasteiger partial charge on any atom is 0.322 e. The van der Waals surface area contributed by atoms with E-state index in [0.717, 1.165) is 30.4 Å². The second-order valence-electron chi connectivity index (χ2n) is 9.41. The average molecular weight is 436 g/mol. The number of nitrogens with one attached hydrogen (secondary N) is 1. The van der Waals surface area contributed by atoms with Gasteiger partial charge in [0.15, 0.2) is 0 Å². The van der Waals surface area contributed by atoms with Crippen LogP contribution < -0.4 is 10.9 Å². The normalized spacial score (nSPS) is 18.8. The van der Waals surface area contributed by atoms with Crippen molar-refractivity contribution in [1.29, 1.82) is 0 Å². The van der Waals surface area contributed by atoms with Crippen molar-refractivity contribution in [3.05, 3.63) is 65.0 Å². The van der Waals surface area contributed by atoms with Gasteiger partial charge in [-0.25, -0.2) is 4.79 Å². The van der Waals surface area contributed by atoms with Gasteiger partial charge in [0, 0.05) is 29.6 Å². The zero-order chi connectivity index (χ0) is 22.7. The molecule has 6 heteroatoms. The highest BCUT2D eigenvalue weighted by Gasteiger charge is 2.31. The zero-order valence-electron chi connectivity index (χ0n) is 19.2. The molecule has 3 aromatic rings. The summed E-state index contributed by atoms with van der Waals surface area (Å²) in [6.45, 7) is 7.41. The highest BCUT2D eigenvalue weighted by molar-refractivity contribution is 6.01. The zero-order valence-corrected chi connectivity index (χ0v) is 19.2. The molecule has 1 fully saturated rings. The molecule has 1 aliphatic carbocycles. The van der Waals surface area contributed by atoms with Gasteiger partial charge in [-0.05, 0) is 42.9 Å². The molecule has 2 aromatic heterocycles. The summed E-state index contributed by atoms with van der Waals surface area (Å²) in [7, 11) is 0. The Morgan fingerprint density at radius 1 is 1.16 bits per heavy atom. The number of amides is 2. The Bertz CT molecular complexity index is 1120. The van der Waals surface area contributed by atoms with Crippen molar-refractivity contribution in [3.8, 4) is 0 Å². The molecule has 32 heavy (non-hydrogen) atoms. The fraction of sp³-hybridized carbons (Fsp3) is 0.462. The Morgan fingerprint density at radius 3 is 2.59 bits per heavy atom. The predicted molar refractivity (Wildman–Crippen MR) is 128 cm³/mol. The largest absolute Gasteiger partial charge is 0.467 e. The lowest BCUT2D eigenvalue weighted by Gasteiger charge is -2.38. The van der Waals surface area contributed by atoms with E-state index in [1.54, 1.807) is 17.0 Å². The lowest BCUT2D eigenvalue weighted by molar-refractivity contribution is 0.124. The van der Waals surface area contributed by atoms with Gasteiger partial charge >= 0.3 is 6.03 Å². The van der Waals surface area contributed by atoms with E-state index in [9.17, 15) is 9.59 Å². The summed E-state index contributed by atoms with van der Waals surface area (Å²) in [6, 6.07) is 11.2. The van der Waals surface area contributed by atoms with E-state index in [-0.39, 0.29) is 17.6 Å². The fourth-order valence-corrected chi connectivity index (χ4v) is 4.83. The van der Waals surface area contributed by atoms with Crippen molar-refractivity contribution in [2.45, 2.75) is 65.6 Å². The number of benzene rings is 1. The van der Waals surface area contributed by atoms with Gasteiger partial charge in [-0.1, -0.05) is 51.8 Å². The maximum absolute atomic E-state index is 13.6. The Hall–Kier alpha value is -3.02. The molecular formula is C26H33N3O3. The number of pyridine rings is 1. The first-order valence-corrected chi connectivity index (χ1v) is 11.7. The standard InChI is InChI=1S/C26H33N3O3/c1-18(2)15-28-17-23(21-11-5-6-12-22(21)25(28)30)27-26(31)29(16-20-10-8-14-32-20)24-13-7-4-9-19(24)3/h5-6,8,10-12,14,17-19,24H,4,7,9,13,15-16H2,1-3H3,(H,27,31)/t19-,24+/m1/s1. The van der Waals surface area contributed by atoms with E-state index in [0.29, 0.717) is 36.0 Å². The van der Waals surface area contributed by atoms with Crippen LogP contribution in [-0.2, 0) is 13.1 Å². The van der Waals surface area contributed by atoms with E-state index in [4.69, 9.17) is 4.42 Å². The molecule has 0 aliphatic heterocycles. The van der Waals surface area contributed by atoms with Crippen LogP contribution >= 0.6 is 0 Å². The van der Waals surface area contributed by atoms with Crippen LogP contribution in [0.5, 0.6) is 0 Å². The number of furan rings is 1. The third-order valence-electron chi connectivity index (χ3n) is 6.43. The highest BCUT2D eigenvalue weighted by Crippen LogP contribution is 2.30. The van der Waals surface area contributed by atoms with Gasteiger partial charge in [-0.15, -0.1) is 0 Å². The Kier molecular flexibility index (Phi) is 6.68. The molecule has 6 nitrogen and oxygen atoms in total. The minimum absolute atomic E-state index is 0.0272. The summed E-state index contributed by atoms with van der Waals surface area (Å²) in [5.74, 6) is 1.51. The number of nitrogens with zero attached hydrogens (tertiary/aromatic N) is 2. The summed E-state index contributed by atoms with van der Waals surface area (Å²) in [6.07, 6.45) is 7.87. The quantitative estimate of drug-likeness (QED) is 0.527. The number of fused-ring (bicyclic) bond motifs is 1. The van der Waals surface area contributed by atoms with Crippen molar-refractivity contribution >= 4 is 22.5 Å². The molecule has 1 N–H and O–H groups in total. The van der Waals surface area contributed by atoms with Crippen LogP contribution in [0.3, 0.4) is 0 Å². The molecule has 2 heterocycles. The summed E-state index contributed by atoms with van der Waals surface area (Å²) in [4.78, 5) is 28.5. The average Bonchev–Trinajstić information content (AvgIpc) is 3.29. The molecule has 2 amide bonds. The van der Waals surface area contributed by atoms with E-state index < -0.39 is 0 Å². The second kappa shape index (κ2) is 9.63. The minimum Gasteiger partial charge on any atom is -0.467 e. The fourth-order valence-electron chi connectivity index (χ4n) is 4.83. The van der Waals surface area contributed by atoms with Crippen molar-refractivity contribution in [3.63, 3.8) is 0 Å². The van der Waals surface area contributed by atoms with E-state index in [1.165, 1.54) is 6.42 Å². The lowest BCUT2D eigenvalue weighted by Crippen LogP contribution is -2.46. The third kappa shape index (κ3) is 4.74. The molecule has 0 radical (unpaired) electrons. The number of carbonyl (C=O) groups is 1.